The van der Waals surface area contributed by atoms with Crippen LogP contribution in [0.5, 0.6) is 0 Å². The molecule has 0 fully saturated rings. The molecule has 0 amide bonds. The summed E-state index contributed by atoms with van der Waals surface area (Å²) in [4.78, 5) is 0. The van der Waals surface area contributed by atoms with Gasteiger partial charge in [-0.05, 0) is 28.4 Å². The zero-order valence-electron chi connectivity index (χ0n) is 9.65. The van der Waals surface area contributed by atoms with Crippen LogP contribution in [0.4, 0.5) is 0 Å². The Bertz CT molecular complexity index is 452. The molecule has 1 nitrogen and oxygen atoms in total. The number of nitrogens with zero attached hydrogens (tertiary/aromatic N) is 1. The van der Waals surface area contributed by atoms with E-state index in [9.17, 15) is 0 Å². The number of aromatic nitrogens is 1. The highest BCUT2D eigenvalue weighted by Gasteiger charge is 2.04. The highest BCUT2D eigenvalue weighted by molar-refractivity contribution is 9.10. The number of hydrogen-bond donors (Lipinski definition) is 0. The summed E-state index contributed by atoms with van der Waals surface area (Å²) in [6, 6.07) is 12.6. The standard InChI is InChI=1S/C13H13BrN.CH3/c1-11-7-8-15(10-13(11)14)9-12-5-3-2-4-6-12;/h2-8,10H,9H2,1H3;1H3/q+1;-1. The van der Waals surface area contributed by atoms with E-state index >= 15 is 0 Å². The predicted octanol–water partition coefficient (Wildman–Crippen LogP) is 3.54. The van der Waals surface area contributed by atoms with Gasteiger partial charge in [0.25, 0.3) is 0 Å². The van der Waals surface area contributed by atoms with E-state index in [1.54, 1.807) is 0 Å². The molecule has 0 aliphatic heterocycles. The average molecular weight is 278 g/mol. The molecule has 1 aromatic heterocycles. The van der Waals surface area contributed by atoms with Crippen molar-refractivity contribution in [3.63, 3.8) is 0 Å². The maximum atomic E-state index is 3.54. The molecular weight excluding hydrogens is 262 g/mol. The first kappa shape index (κ1) is 12.9. The maximum Gasteiger partial charge on any atom is 0.183 e. The lowest BCUT2D eigenvalue weighted by Gasteiger charge is -1.99. The van der Waals surface area contributed by atoms with Crippen molar-refractivity contribution in [2.75, 3.05) is 0 Å². The summed E-state index contributed by atoms with van der Waals surface area (Å²) in [5, 5.41) is 0. The first-order valence-electron chi connectivity index (χ1n) is 4.95. The van der Waals surface area contributed by atoms with Crippen molar-refractivity contribution in [3.8, 4) is 0 Å². The molecule has 0 aliphatic rings. The molecule has 0 atom stereocenters. The Labute approximate surface area is 106 Å². The number of benzene rings is 1. The smallest absolute Gasteiger partial charge is 0.183 e. The molecule has 1 heterocycles. The van der Waals surface area contributed by atoms with Crippen LogP contribution in [0, 0.1) is 14.4 Å². The second kappa shape index (κ2) is 5.80. The van der Waals surface area contributed by atoms with Crippen LogP contribution in [0.25, 0.3) is 0 Å². The molecule has 16 heavy (non-hydrogen) atoms. The molecule has 2 heteroatoms. The van der Waals surface area contributed by atoms with Crippen LogP contribution in [0.1, 0.15) is 11.1 Å². The molecule has 0 unspecified atom stereocenters. The van der Waals surface area contributed by atoms with Crippen molar-refractivity contribution in [2.24, 2.45) is 0 Å². The van der Waals surface area contributed by atoms with Crippen LogP contribution in [-0.2, 0) is 6.54 Å². The maximum absolute atomic E-state index is 3.54. The summed E-state index contributed by atoms with van der Waals surface area (Å²) >= 11 is 3.54. The van der Waals surface area contributed by atoms with Gasteiger partial charge in [0.15, 0.2) is 18.9 Å². The molecule has 0 spiro atoms. The lowest BCUT2D eigenvalue weighted by atomic mass is 10.2. The zero-order valence-corrected chi connectivity index (χ0v) is 11.2. The SMILES string of the molecule is Cc1cc[n+](Cc2ccccc2)cc1Br.[CH3-]. The van der Waals surface area contributed by atoms with Crippen molar-refractivity contribution >= 4 is 15.9 Å². The summed E-state index contributed by atoms with van der Waals surface area (Å²) in [5.41, 5.74) is 2.58. The topological polar surface area (TPSA) is 3.88 Å². The highest BCUT2D eigenvalue weighted by Crippen LogP contribution is 2.11. The van der Waals surface area contributed by atoms with Gasteiger partial charge < -0.3 is 7.43 Å². The van der Waals surface area contributed by atoms with E-state index in [-0.39, 0.29) is 7.43 Å². The van der Waals surface area contributed by atoms with Crippen LogP contribution in [0.15, 0.2) is 53.3 Å². The molecule has 0 aliphatic carbocycles. The number of halogens is 1. The Hall–Kier alpha value is -1.15. The predicted molar refractivity (Wildman–Crippen MR) is 71.0 cm³/mol. The van der Waals surface area contributed by atoms with Gasteiger partial charge in [0, 0.05) is 11.6 Å². The van der Waals surface area contributed by atoms with E-state index in [1.165, 1.54) is 11.1 Å². The van der Waals surface area contributed by atoms with Crippen LogP contribution in [0.3, 0.4) is 0 Å². The van der Waals surface area contributed by atoms with Gasteiger partial charge in [-0.15, -0.1) is 0 Å². The van der Waals surface area contributed by atoms with Gasteiger partial charge >= 0.3 is 0 Å². The zero-order chi connectivity index (χ0) is 10.7. The quantitative estimate of drug-likeness (QED) is 0.584. The minimum absolute atomic E-state index is 0. The van der Waals surface area contributed by atoms with E-state index in [1.807, 2.05) is 6.07 Å². The van der Waals surface area contributed by atoms with Gasteiger partial charge in [-0.25, -0.2) is 0 Å². The lowest BCUT2D eigenvalue weighted by Crippen LogP contribution is -2.33. The van der Waals surface area contributed by atoms with Crippen LogP contribution in [0.2, 0.25) is 0 Å². The third kappa shape index (κ3) is 3.17. The minimum Gasteiger partial charge on any atom is -0.358 e. The highest BCUT2D eigenvalue weighted by atomic mass is 79.9. The molecule has 0 radical (unpaired) electrons. The Kier molecular flexibility index (Phi) is 4.69. The van der Waals surface area contributed by atoms with Crippen molar-refractivity contribution in [2.45, 2.75) is 13.5 Å². The number of pyridine rings is 1. The normalized spacial score (nSPS) is 9.62. The summed E-state index contributed by atoms with van der Waals surface area (Å²) in [7, 11) is 0. The Morgan fingerprint density at radius 2 is 1.81 bits per heavy atom. The van der Waals surface area contributed by atoms with E-state index in [2.05, 4.69) is 70.1 Å². The summed E-state index contributed by atoms with van der Waals surface area (Å²) in [6.07, 6.45) is 4.22. The van der Waals surface area contributed by atoms with Gasteiger partial charge in [-0.2, -0.15) is 4.57 Å². The van der Waals surface area contributed by atoms with E-state index in [4.69, 9.17) is 0 Å². The number of aryl methyl sites for hydroxylation is 1. The fourth-order valence-corrected chi connectivity index (χ4v) is 1.87. The fraction of sp³-hybridized carbons (Fsp3) is 0.143. The lowest BCUT2D eigenvalue weighted by molar-refractivity contribution is -0.689. The largest absolute Gasteiger partial charge is 0.358 e. The molecule has 0 bridgehead atoms. The van der Waals surface area contributed by atoms with Crippen molar-refractivity contribution in [1.29, 1.82) is 0 Å². The summed E-state index contributed by atoms with van der Waals surface area (Å²) in [5.74, 6) is 0. The number of rotatable bonds is 2. The van der Waals surface area contributed by atoms with Crippen LogP contribution < -0.4 is 4.57 Å². The first-order chi connectivity index (χ1) is 7.25. The molecular formula is C14H16BrN. The monoisotopic (exact) mass is 277 g/mol. The minimum atomic E-state index is 0. The molecule has 0 N–H and O–H groups in total. The Morgan fingerprint density at radius 1 is 1.12 bits per heavy atom. The van der Waals surface area contributed by atoms with Gasteiger partial charge in [0.1, 0.15) is 0 Å². The average Bonchev–Trinajstić information content (AvgIpc) is 2.25. The van der Waals surface area contributed by atoms with Gasteiger partial charge in [0.05, 0.1) is 4.47 Å². The van der Waals surface area contributed by atoms with E-state index < -0.39 is 0 Å². The van der Waals surface area contributed by atoms with Gasteiger partial charge in [0.2, 0.25) is 0 Å². The molecule has 84 valence electrons. The van der Waals surface area contributed by atoms with E-state index in [0.717, 1.165) is 11.0 Å². The van der Waals surface area contributed by atoms with Crippen LogP contribution >= 0.6 is 15.9 Å². The van der Waals surface area contributed by atoms with Gasteiger partial charge in [-0.3, -0.25) is 0 Å². The molecule has 0 saturated carbocycles. The third-order valence-corrected chi connectivity index (χ3v) is 3.21. The summed E-state index contributed by atoms with van der Waals surface area (Å²) < 4.78 is 3.33. The second-order valence-corrected chi connectivity index (χ2v) is 4.49. The second-order valence-electron chi connectivity index (χ2n) is 3.63. The van der Waals surface area contributed by atoms with Crippen molar-refractivity contribution in [3.05, 3.63) is 71.8 Å². The fourth-order valence-electron chi connectivity index (χ4n) is 1.47. The Balaban J connectivity index is 0.00000128. The van der Waals surface area contributed by atoms with Crippen LogP contribution in [-0.4, -0.2) is 0 Å². The molecule has 0 saturated heterocycles. The van der Waals surface area contributed by atoms with Crippen molar-refractivity contribution in [1.82, 2.24) is 0 Å². The molecule has 2 aromatic rings. The number of hydrogen-bond acceptors (Lipinski definition) is 0. The summed E-state index contributed by atoms with van der Waals surface area (Å²) in [6.45, 7) is 3.01. The van der Waals surface area contributed by atoms with Crippen molar-refractivity contribution < 1.29 is 4.57 Å². The van der Waals surface area contributed by atoms with E-state index in [0.29, 0.717) is 0 Å². The van der Waals surface area contributed by atoms with Gasteiger partial charge in [-0.1, -0.05) is 30.3 Å². The third-order valence-electron chi connectivity index (χ3n) is 2.38. The first-order valence-corrected chi connectivity index (χ1v) is 5.74. The molecule has 1 aromatic carbocycles. The Morgan fingerprint density at radius 3 is 2.44 bits per heavy atom. The molecule has 2 rings (SSSR count).